The molecule has 10 heteroatoms. The molecule has 1 atom stereocenters. The monoisotopic (exact) mass is 375 g/mol. The number of alkyl halides is 3. The summed E-state index contributed by atoms with van der Waals surface area (Å²) >= 11 is 0. The van der Waals surface area contributed by atoms with Crippen LogP contribution in [-0.2, 0) is 10.9 Å². The van der Waals surface area contributed by atoms with E-state index in [4.69, 9.17) is 4.74 Å². The highest BCUT2D eigenvalue weighted by molar-refractivity contribution is 5.69. The molecule has 7 nitrogen and oxygen atoms in total. The van der Waals surface area contributed by atoms with Crippen molar-refractivity contribution in [3.63, 3.8) is 0 Å². The van der Waals surface area contributed by atoms with E-state index in [1.165, 1.54) is 4.90 Å². The highest BCUT2D eigenvalue weighted by Gasteiger charge is 2.37. The van der Waals surface area contributed by atoms with E-state index in [2.05, 4.69) is 5.32 Å². The minimum absolute atomic E-state index is 0.184. The number of benzene rings is 1. The standard InChI is InChI=1S/C16H20F3N3O4/c1-15(2,3)26-14(23)21-7-6-10(9-21)20-13-5-4-11(22(24)25)8-12(13)16(17,18)19/h4-5,8,10,20H,6-7,9H2,1-3H3. The lowest BCUT2D eigenvalue weighted by molar-refractivity contribution is -0.385. The summed E-state index contributed by atoms with van der Waals surface area (Å²) in [6.07, 6.45) is -4.83. The van der Waals surface area contributed by atoms with E-state index < -0.39 is 40.1 Å². The maximum Gasteiger partial charge on any atom is 0.418 e. The van der Waals surface area contributed by atoms with Gasteiger partial charge >= 0.3 is 12.3 Å². The zero-order valence-electron chi connectivity index (χ0n) is 14.6. The quantitative estimate of drug-likeness (QED) is 0.637. The molecule has 1 aromatic rings. The predicted molar refractivity (Wildman–Crippen MR) is 87.9 cm³/mol. The SMILES string of the molecule is CC(C)(C)OC(=O)N1CCC(Nc2ccc([N+](=O)[O-])cc2C(F)(F)F)C1. The molecule has 1 saturated heterocycles. The van der Waals surface area contributed by atoms with Crippen molar-refractivity contribution in [2.75, 3.05) is 18.4 Å². The number of likely N-dealkylation sites (tertiary alicyclic amines) is 1. The first-order chi connectivity index (χ1) is 11.9. The minimum atomic E-state index is -4.74. The van der Waals surface area contributed by atoms with Gasteiger partial charge in [0.25, 0.3) is 5.69 Å². The zero-order valence-corrected chi connectivity index (χ0v) is 14.6. The number of nitrogens with one attached hydrogen (secondary N) is 1. The van der Waals surface area contributed by atoms with Crippen molar-refractivity contribution in [1.82, 2.24) is 4.90 Å². The second kappa shape index (κ2) is 7.00. The number of ether oxygens (including phenoxy) is 1. The first-order valence-corrected chi connectivity index (χ1v) is 7.97. The number of amides is 1. The van der Waals surface area contributed by atoms with Crippen molar-refractivity contribution < 1.29 is 27.6 Å². The molecule has 1 heterocycles. The number of nitro benzene ring substituents is 1. The summed E-state index contributed by atoms with van der Waals surface area (Å²) in [5.74, 6) is 0. The first-order valence-electron chi connectivity index (χ1n) is 7.97. The number of anilines is 1. The number of nitro groups is 1. The van der Waals surface area contributed by atoms with Crippen LogP contribution in [0.4, 0.5) is 29.3 Å². The third-order valence-corrected chi connectivity index (χ3v) is 3.72. The van der Waals surface area contributed by atoms with Gasteiger partial charge in [0.15, 0.2) is 0 Å². The largest absolute Gasteiger partial charge is 0.444 e. The number of halogens is 3. The van der Waals surface area contributed by atoms with Crippen molar-refractivity contribution in [3.8, 4) is 0 Å². The average Bonchev–Trinajstić information content (AvgIpc) is 2.93. The van der Waals surface area contributed by atoms with Gasteiger partial charge in [0.05, 0.1) is 10.5 Å². The molecule has 2 rings (SSSR count). The van der Waals surface area contributed by atoms with Gasteiger partial charge in [-0.05, 0) is 33.3 Å². The highest BCUT2D eigenvalue weighted by atomic mass is 19.4. The Balaban J connectivity index is 2.12. The Morgan fingerprint density at radius 2 is 2.00 bits per heavy atom. The number of non-ortho nitro benzene ring substituents is 1. The molecule has 0 aliphatic carbocycles. The number of hydrogen-bond acceptors (Lipinski definition) is 5. The summed E-state index contributed by atoms with van der Waals surface area (Å²) in [6, 6.07) is 2.14. The van der Waals surface area contributed by atoms with Crippen LogP contribution in [0.5, 0.6) is 0 Å². The lowest BCUT2D eigenvalue weighted by atomic mass is 10.1. The smallest absolute Gasteiger partial charge is 0.418 e. The van der Waals surface area contributed by atoms with Crippen molar-refractivity contribution in [1.29, 1.82) is 0 Å². The van der Waals surface area contributed by atoms with Gasteiger partial charge in [-0.1, -0.05) is 0 Å². The Kier molecular flexibility index (Phi) is 5.33. The lowest BCUT2D eigenvalue weighted by Gasteiger charge is -2.24. The zero-order chi connectivity index (χ0) is 19.7. The van der Waals surface area contributed by atoms with Gasteiger partial charge in [0, 0.05) is 37.0 Å². The summed E-state index contributed by atoms with van der Waals surface area (Å²) in [6.45, 7) is 5.71. The van der Waals surface area contributed by atoms with Crippen LogP contribution in [0.15, 0.2) is 18.2 Å². The number of hydrogen-bond donors (Lipinski definition) is 1. The van der Waals surface area contributed by atoms with Crippen LogP contribution in [0, 0.1) is 10.1 Å². The van der Waals surface area contributed by atoms with Gasteiger partial charge < -0.3 is 15.0 Å². The van der Waals surface area contributed by atoms with Gasteiger partial charge in [0.2, 0.25) is 0 Å². The molecule has 0 aromatic heterocycles. The number of nitrogens with zero attached hydrogens (tertiary/aromatic N) is 2. The Morgan fingerprint density at radius 3 is 2.54 bits per heavy atom. The van der Waals surface area contributed by atoms with Gasteiger partial charge in [-0.15, -0.1) is 0 Å². The molecule has 26 heavy (non-hydrogen) atoms. The van der Waals surface area contributed by atoms with Crippen molar-refractivity contribution >= 4 is 17.5 Å². The second-order valence-electron chi connectivity index (χ2n) is 7.04. The van der Waals surface area contributed by atoms with Crippen LogP contribution in [0.2, 0.25) is 0 Å². The third kappa shape index (κ3) is 4.99. The fourth-order valence-corrected chi connectivity index (χ4v) is 2.60. The van der Waals surface area contributed by atoms with Crippen LogP contribution in [0.3, 0.4) is 0 Å². The molecular weight excluding hydrogens is 355 g/mol. The highest BCUT2D eigenvalue weighted by Crippen LogP contribution is 2.37. The van der Waals surface area contributed by atoms with Crippen molar-refractivity contribution in [3.05, 3.63) is 33.9 Å². The first kappa shape index (κ1) is 19.8. The molecule has 0 bridgehead atoms. The Morgan fingerprint density at radius 1 is 1.35 bits per heavy atom. The number of carbonyl (C=O) groups excluding carboxylic acids is 1. The molecule has 1 aliphatic rings. The average molecular weight is 375 g/mol. The molecule has 1 aromatic carbocycles. The molecule has 1 fully saturated rings. The van der Waals surface area contributed by atoms with Gasteiger partial charge in [0.1, 0.15) is 5.60 Å². The second-order valence-corrected chi connectivity index (χ2v) is 7.04. The van der Waals surface area contributed by atoms with Gasteiger partial charge in [-0.3, -0.25) is 10.1 Å². The van der Waals surface area contributed by atoms with E-state index in [1.807, 2.05) is 0 Å². The molecule has 1 aliphatic heterocycles. The van der Waals surface area contributed by atoms with E-state index in [1.54, 1.807) is 20.8 Å². The van der Waals surface area contributed by atoms with Gasteiger partial charge in [-0.2, -0.15) is 13.2 Å². The topological polar surface area (TPSA) is 84.7 Å². The summed E-state index contributed by atoms with van der Waals surface area (Å²) in [5.41, 5.74) is -2.66. The molecule has 0 spiro atoms. The van der Waals surface area contributed by atoms with Crippen LogP contribution in [0.25, 0.3) is 0 Å². The van der Waals surface area contributed by atoms with Crippen molar-refractivity contribution in [2.45, 2.75) is 45.0 Å². The third-order valence-electron chi connectivity index (χ3n) is 3.72. The van der Waals surface area contributed by atoms with Gasteiger partial charge in [-0.25, -0.2) is 4.79 Å². The summed E-state index contributed by atoms with van der Waals surface area (Å²) in [7, 11) is 0. The van der Waals surface area contributed by atoms with E-state index >= 15 is 0 Å². The predicted octanol–water partition coefficient (Wildman–Crippen LogP) is 4.03. The summed E-state index contributed by atoms with van der Waals surface area (Å²) in [5, 5.41) is 13.5. The van der Waals surface area contributed by atoms with E-state index in [0.717, 1.165) is 12.1 Å². The van der Waals surface area contributed by atoms with Crippen LogP contribution < -0.4 is 5.32 Å². The molecular formula is C16H20F3N3O4. The number of rotatable bonds is 3. The van der Waals surface area contributed by atoms with Crippen LogP contribution in [0.1, 0.15) is 32.8 Å². The lowest BCUT2D eigenvalue weighted by Crippen LogP contribution is -2.36. The summed E-state index contributed by atoms with van der Waals surface area (Å²) in [4.78, 5) is 23.3. The van der Waals surface area contributed by atoms with E-state index in [9.17, 15) is 28.1 Å². The molecule has 0 saturated carbocycles. The molecule has 1 N–H and O–H groups in total. The van der Waals surface area contributed by atoms with E-state index in [0.29, 0.717) is 19.0 Å². The Bertz CT molecular complexity index is 701. The van der Waals surface area contributed by atoms with Crippen molar-refractivity contribution in [2.24, 2.45) is 0 Å². The molecule has 144 valence electrons. The maximum atomic E-state index is 13.2. The van der Waals surface area contributed by atoms with Crippen LogP contribution in [-0.4, -0.2) is 40.6 Å². The fourth-order valence-electron chi connectivity index (χ4n) is 2.60. The molecule has 1 unspecified atom stereocenters. The minimum Gasteiger partial charge on any atom is -0.444 e. The molecule has 0 radical (unpaired) electrons. The van der Waals surface area contributed by atoms with Crippen LogP contribution >= 0.6 is 0 Å². The van der Waals surface area contributed by atoms with E-state index in [-0.39, 0.29) is 12.2 Å². The number of carbonyl (C=O) groups is 1. The maximum absolute atomic E-state index is 13.2. The fraction of sp³-hybridized carbons (Fsp3) is 0.562. The normalized spacial score (nSPS) is 17.9. The Labute approximate surface area is 148 Å². The summed E-state index contributed by atoms with van der Waals surface area (Å²) < 4.78 is 44.9. The molecule has 1 amide bonds. The Hall–Kier alpha value is -2.52.